The molecule has 6 heteroatoms. The molecule has 0 bridgehead atoms. The van der Waals surface area contributed by atoms with Crippen LogP contribution in [-0.2, 0) is 27.4 Å². The first-order valence-corrected chi connectivity index (χ1v) is 9.05. The van der Waals surface area contributed by atoms with Gasteiger partial charge < -0.3 is 10.1 Å². The summed E-state index contributed by atoms with van der Waals surface area (Å²) in [5.74, 6) is -0.725. The highest BCUT2D eigenvalue weighted by Crippen LogP contribution is 2.23. The van der Waals surface area contributed by atoms with Crippen LogP contribution in [0.3, 0.4) is 0 Å². The number of hydrogen-bond acceptors (Lipinski definition) is 5. The first kappa shape index (κ1) is 17.8. The molecule has 0 unspecified atom stereocenters. The number of esters is 1. The summed E-state index contributed by atoms with van der Waals surface area (Å²) in [6.07, 6.45) is 0.134. The van der Waals surface area contributed by atoms with E-state index in [9.17, 15) is 9.59 Å². The molecule has 0 atom stereocenters. The second kappa shape index (κ2) is 8.92. The van der Waals surface area contributed by atoms with Crippen LogP contribution in [0.2, 0.25) is 0 Å². The third kappa shape index (κ3) is 5.26. The van der Waals surface area contributed by atoms with E-state index in [4.69, 9.17) is 4.74 Å². The van der Waals surface area contributed by atoms with Crippen molar-refractivity contribution in [3.63, 3.8) is 0 Å². The average Bonchev–Trinajstić information content (AvgIpc) is 3.15. The molecule has 1 heterocycles. The molecule has 3 rings (SSSR count). The van der Waals surface area contributed by atoms with E-state index in [-0.39, 0.29) is 25.5 Å². The molecule has 1 amide bonds. The molecule has 0 aliphatic carbocycles. The van der Waals surface area contributed by atoms with Gasteiger partial charge in [0.25, 0.3) is 0 Å². The highest BCUT2D eigenvalue weighted by Gasteiger charge is 2.11. The van der Waals surface area contributed by atoms with Crippen LogP contribution in [0, 0.1) is 0 Å². The van der Waals surface area contributed by atoms with Gasteiger partial charge in [0.05, 0.1) is 12.1 Å². The zero-order valence-corrected chi connectivity index (χ0v) is 14.9. The molecule has 0 saturated carbocycles. The molecule has 0 radical (unpaired) electrons. The Hall–Kier alpha value is -2.99. The molecular formula is C20H18N2O3S. The van der Waals surface area contributed by atoms with Crippen molar-refractivity contribution in [1.82, 2.24) is 10.3 Å². The average molecular weight is 366 g/mol. The van der Waals surface area contributed by atoms with Crippen molar-refractivity contribution >= 4 is 23.2 Å². The molecule has 0 aliphatic rings. The zero-order chi connectivity index (χ0) is 18.2. The van der Waals surface area contributed by atoms with Gasteiger partial charge in [0, 0.05) is 10.9 Å². The number of rotatable bonds is 7. The molecule has 0 spiro atoms. The van der Waals surface area contributed by atoms with Crippen molar-refractivity contribution in [2.24, 2.45) is 0 Å². The topological polar surface area (TPSA) is 68.3 Å². The van der Waals surface area contributed by atoms with Gasteiger partial charge in [-0.25, -0.2) is 4.98 Å². The Morgan fingerprint density at radius 3 is 2.42 bits per heavy atom. The largest absolute Gasteiger partial charge is 0.460 e. The summed E-state index contributed by atoms with van der Waals surface area (Å²) in [4.78, 5) is 28.2. The summed E-state index contributed by atoms with van der Waals surface area (Å²) in [7, 11) is 0. The number of hydrogen-bond donors (Lipinski definition) is 1. The molecule has 0 saturated heterocycles. The first-order chi connectivity index (χ1) is 12.7. The summed E-state index contributed by atoms with van der Waals surface area (Å²) in [5.41, 5.74) is 2.61. The van der Waals surface area contributed by atoms with Crippen molar-refractivity contribution < 1.29 is 14.3 Å². The van der Waals surface area contributed by atoms with E-state index < -0.39 is 5.97 Å². The number of carbonyl (C=O) groups excluding carboxylic acids is 2. The standard InChI is InChI=1S/C20H18N2O3S/c23-18(21-12-19(24)25-13-15-7-3-1-4-8-15)11-17-14-26-20(22-17)16-9-5-2-6-10-16/h1-10,14H,11-13H2,(H,21,23). The van der Waals surface area contributed by atoms with E-state index in [0.717, 1.165) is 16.1 Å². The molecule has 0 fully saturated rings. The van der Waals surface area contributed by atoms with Crippen LogP contribution in [-0.4, -0.2) is 23.4 Å². The van der Waals surface area contributed by atoms with Crippen LogP contribution in [0.25, 0.3) is 10.6 Å². The van der Waals surface area contributed by atoms with E-state index in [1.807, 2.05) is 66.0 Å². The van der Waals surface area contributed by atoms with Gasteiger partial charge in [-0.2, -0.15) is 0 Å². The lowest BCUT2D eigenvalue weighted by Gasteiger charge is -2.06. The Bertz CT molecular complexity index is 863. The van der Waals surface area contributed by atoms with Crippen molar-refractivity contribution in [3.8, 4) is 10.6 Å². The van der Waals surface area contributed by atoms with Gasteiger partial charge in [-0.3, -0.25) is 9.59 Å². The molecule has 1 aromatic heterocycles. The molecule has 2 aromatic carbocycles. The summed E-state index contributed by atoms with van der Waals surface area (Å²) in [6, 6.07) is 19.2. The molecule has 3 aromatic rings. The second-order valence-electron chi connectivity index (χ2n) is 5.61. The highest BCUT2D eigenvalue weighted by atomic mass is 32.1. The molecule has 26 heavy (non-hydrogen) atoms. The van der Waals surface area contributed by atoms with Crippen LogP contribution in [0.15, 0.2) is 66.0 Å². The number of carbonyl (C=O) groups is 2. The summed E-state index contributed by atoms with van der Waals surface area (Å²) in [5, 5.41) is 5.30. The predicted molar refractivity (Wildman–Crippen MR) is 101 cm³/mol. The first-order valence-electron chi connectivity index (χ1n) is 8.17. The third-order valence-electron chi connectivity index (χ3n) is 3.59. The van der Waals surface area contributed by atoms with Gasteiger partial charge in [-0.05, 0) is 5.56 Å². The maximum Gasteiger partial charge on any atom is 0.325 e. The number of benzene rings is 2. The molecular weight excluding hydrogens is 348 g/mol. The van der Waals surface area contributed by atoms with Crippen molar-refractivity contribution in [2.75, 3.05) is 6.54 Å². The van der Waals surface area contributed by atoms with Gasteiger partial charge in [-0.1, -0.05) is 60.7 Å². The maximum absolute atomic E-state index is 12.0. The summed E-state index contributed by atoms with van der Waals surface area (Å²) >= 11 is 1.49. The van der Waals surface area contributed by atoms with E-state index in [0.29, 0.717) is 5.69 Å². The van der Waals surface area contributed by atoms with E-state index in [1.54, 1.807) is 0 Å². The number of nitrogens with one attached hydrogen (secondary N) is 1. The van der Waals surface area contributed by atoms with Gasteiger partial charge >= 0.3 is 5.97 Å². The zero-order valence-electron chi connectivity index (χ0n) is 14.1. The van der Waals surface area contributed by atoms with Crippen LogP contribution >= 0.6 is 11.3 Å². The Labute approximate surface area is 155 Å². The monoisotopic (exact) mass is 366 g/mol. The van der Waals surface area contributed by atoms with E-state index >= 15 is 0 Å². The van der Waals surface area contributed by atoms with Gasteiger partial charge in [-0.15, -0.1) is 11.3 Å². The van der Waals surface area contributed by atoms with Gasteiger partial charge in [0.15, 0.2) is 0 Å². The molecule has 0 aliphatic heterocycles. The normalized spacial score (nSPS) is 10.3. The second-order valence-corrected chi connectivity index (χ2v) is 6.47. The van der Waals surface area contributed by atoms with E-state index in [1.165, 1.54) is 11.3 Å². The third-order valence-corrected chi connectivity index (χ3v) is 4.53. The number of thiazole rings is 1. The fourth-order valence-corrected chi connectivity index (χ4v) is 3.11. The summed E-state index contributed by atoms with van der Waals surface area (Å²) < 4.78 is 5.12. The summed E-state index contributed by atoms with van der Waals surface area (Å²) in [6.45, 7) is 0.0451. The van der Waals surface area contributed by atoms with Gasteiger partial charge in [0.2, 0.25) is 5.91 Å². The lowest BCUT2D eigenvalue weighted by atomic mass is 10.2. The van der Waals surface area contributed by atoms with Crippen molar-refractivity contribution in [2.45, 2.75) is 13.0 Å². The molecule has 132 valence electrons. The van der Waals surface area contributed by atoms with Crippen molar-refractivity contribution in [3.05, 3.63) is 77.3 Å². The van der Waals surface area contributed by atoms with Gasteiger partial charge in [0.1, 0.15) is 18.2 Å². The molecule has 5 nitrogen and oxygen atoms in total. The molecule has 1 N–H and O–H groups in total. The van der Waals surface area contributed by atoms with Crippen molar-refractivity contribution in [1.29, 1.82) is 0 Å². The maximum atomic E-state index is 12.0. The van der Waals surface area contributed by atoms with Crippen LogP contribution in [0.5, 0.6) is 0 Å². The van der Waals surface area contributed by atoms with E-state index in [2.05, 4.69) is 10.3 Å². The minimum Gasteiger partial charge on any atom is -0.460 e. The quantitative estimate of drug-likeness (QED) is 0.652. The smallest absolute Gasteiger partial charge is 0.325 e. The fraction of sp³-hybridized carbons (Fsp3) is 0.150. The van der Waals surface area contributed by atoms with Crippen LogP contribution in [0.4, 0.5) is 0 Å². The Morgan fingerprint density at radius 1 is 1.00 bits per heavy atom. The highest BCUT2D eigenvalue weighted by molar-refractivity contribution is 7.13. The number of amides is 1. The fourth-order valence-electron chi connectivity index (χ4n) is 2.29. The predicted octanol–water partition coefficient (Wildman–Crippen LogP) is 3.21. The SMILES string of the molecule is O=C(Cc1csc(-c2ccccc2)n1)NCC(=O)OCc1ccccc1. The van der Waals surface area contributed by atoms with Crippen LogP contribution in [0.1, 0.15) is 11.3 Å². The number of nitrogens with zero attached hydrogens (tertiary/aromatic N) is 1. The Kier molecular flexibility index (Phi) is 6.11. The minimum absolute atomic E-state index is 0.134. The Morgan fingerprint density at radius 2 is 1.69 bits per heavy atom. The Balaban J connectivity index is 1.43. The number of ether oxygens (including phenoxy) is 1. The minimum atomic E-state index is -0.467. The lowest BCUT2D eigenvalue weighted by molar-refractivity contribution is -0.145. The lowest BCUT2D eigenvalue weighted by Crippen LogP contribution is -2.31. The van der Waals surface area contributed by atoms with Crippen LogP contribution < -0.4 is 5.32 Å². The number of aromatic nitrogens is 1.